The minimum absolute atomic E-state index is 0.692. The van der Waals surface area contributed by atoms with Gasteiger partial charge < -0.3 is 9.47 Å². The molecule has 0 bridgehead atoms. The molecule has 0 aromatic heterocycles. The van der Waals surface area contributed by atoms with E-state index >= 15 is 0 Å². The molecule has 15 heavy (non-hydrogen) atoms. The molecule has 2 heteroatoms. The first-order valence-corrected chi connectivity index (χ1v) is 5.63. The van der Waals surface area contributed by atoms with Crippen LogP contribution in [0.3, 0.4) is 0 Å². The van der Waals surface area contributed by atoms with Crippen molar-refractivity contribution in [2.75, 3.05) is 13.2 Å². The predicted molar refractivity (Wildman–Crippen MR) is 66.6 cm³/mol. The van der Waals surface area contributed by atoms with E-state index in [1.54, 1.807) is 12.2 Å². The van der Waals surface area contributed by atoms with Gasteiger partial charge in [0, 0.05) is 6.42 Å². The van der Waals surface area contributed by atoms with Crippen molar-refractivity contribution in [2.24, 2.45) is 0 Å². The Hall–Kier alpha value is -1.18. The average Bonchev–Trinajstić information content (AvgIpc) is 2.58. The van der Waals surface area contributed by atoms with Gasteiger partial charge in [0.05, 0.1) is 13.2 Å². The first-order valence-electron chi connectivity index (χ1n) is 5.63. The lowest BCUT2D eigenvalue weighted by atomic mass is 10.4. The van der Waals surface area contributed by atoms with Gasteiger partial charge in [-0.1, -0.05) is 40.9 Å². The lowest BCUT2D eigenvalue weighted by molar-refractivity contribution is 0.214. The monoisotopic (exact) mass is 212 g/mol. The molecule has 0 spiro atoms. The molecule has 0 aromatic carbocycles. The van der Waals surface area contributed by atoms with E-state index < -0.39 is 0 Å². The Morgan fingerprint density at radius 3 is 1.47 bits per heavy atom. The Balaban J connectivity index is 0. The minimum atomic E-state index is 0.692. The fourth-order valence-electron chi connectivity index (χ4n) is 0.884. The summed E-state index contributed by atoms with van der Waals surface area (Å²) in [6.07, 6.45) is 4.19. The standard InChI is InChI=1S/C9H12O2.2C2H6/c1-3-8-9(4-2)11-7-5-6-10-8;2*1-2/h3-4H,1-2,5-7H2;2*1-2H3. The third-order valence-corrected chi connectivity index (χ3v) is 1.42. The second-order valence-electron chi connectivity index (χ2n) is 2.19. The van der Waals surface area contributed by atoms with Gasteiger partial charge in [0.2, 0.25) is 0 Å². The maximum atomic E-state index is 5.32. The molecular formula is C13H24O2. The molecule has 1 heterocycles. The Morgan fingerprint density at radius 2 is 1.20 bits per heavy atom. The van der Waals surface area contributed by atoms with Gasteiger partial charge in [-0.3, -0.25) is 0 Å². The summed E-state index contributed by atoms with van der Waals surface area (Å²) in [7, 11) is 0. The average molecular weight is 212 g/mol. The van der Waals surface area contributed by atoms with Crippen LogP contribution in [0.5, 0.6) is 0 Å². The molecule has 0 N–H and O–H groups in total. The highest BCUT2D eigenvalue weighted by Crippen LogP contribution is 2.14. The van der Waals surface area contributed by atoms with Crippen molar-refractivity contribution in [3.63, 3.8) is 0 Å². The van der Waals surface area contributed by atoms with E-state index in [-0.39, 0.29) is 0 Å². The molecule has 1 rings (SSSR count). The maximum Gasteiger partial charge on any atom is 0.160 e. The van der Waals surface area contributed by atoms with Crippen LogP contribution in [0.1, 0.15) is 34.1 Å². The van der Waals surface area contributed by atoms with Gasteiger partial charge in [-0.2, -0.15) is 0 Å². The molecule has 1 aliphatic rings. The number of rotatable bonds is 2. The van der Waals surface area contributed by atoms with Gasteiger partial charge in [-0.25, -0.2) is 0 Å². The van der Waals surface area contributed by atoms with Crippen LogP contribution in [0.25, 0.3) is 0 Å². The number of hydrogen-bond acceptors (Lipinski definition) is 2. The molecule has 0 amide bonds. The van der Waals surface area contributed by atoms with Crippen LogP contribution in [0, 0.1) is 0 Å². The number of hydrogen-bond donors (Lipinski definition) is 0. The largest absolute Gasteiger partial charge is 0.490 e. The summed E-state index contributed by atoms with van der Waals surface area (Å²) >= 11 is 0. The van der Waals surface area contributed by atoms with Crippen molar-refractivity contribution in [1.29, 1.82) is 0 Å². The van der Waals surface area contributed by atoms with Gasteiger partial charge in [0.25, 0.3) is 0 Å². The van der Waals surface area contributed by atoms with Gasteiger partial charge >= 0.3 is 0 Å². The zero-order valence-corrected chi connectivity index (χ0v) is 10.5. The summed E-state index contributed by atoms with van der Waals surface area (Å²) in [4.78, 5) is 0. The number of allylic oxidation sites excluding steroid dienone is 2. The van der Waals surface area contributed by atoms with Crippen molar-refractivity contribution in [2.45, 2.75) is 34.1 Å². The Kier molecular flexibility index (Phi) is 13.9. The molecular weight excluding hydrogens is 188 g/mol. The first kappa shape index (κ1) is 16.3. The van der Waals surface area contributed by atoms with Crippen molar-refractivity contribution in [3.8, 4) is 0 Å². The van der Waals surface area contributed by atoms with Crippen LogP contribution < -0.4 is 0 Å². The van der Waals surface area contributed by atoms with E-state index in [0.29, 0.717) is 24.7 Å². The summed E-state index contributed by atoms with van der Waals surface area (Å²) in [5.74, 6) is 1.38. The molecule has 0 saturated heterocycles. The topological polar surface area (TPSA) is 18.5 Å². The van der Waals surface area contributed by atoms with Crippen LogP contribution in [-0.2, 0) is 9.47 Å². The minimum Gasteiger partial charge on any atom is -0.490 e. The number of ether oxygens (including phenoxy) is 2. The molecule has 2 nitrogen and oxygen atoms in total. The molecule has 0 aliphatic carbocycles. The fourth-order valence-corrected chi connectivity index (χ4v) is 0.884. The second-order valence-corrected chi connectivity index (χ2v) is 2.19. The molecule has 0 radical (unpaired) electrons. The highest BCUT2D eigenvalue weighted by atomic mass is 16.5. The third kappa shape index (κ3) is 6.83. The normalized spacial score (nSPS) is 13.9. The van der Waals surface area contributed by atoms with Crippen LogP contribution >= 0.6 is 0 Å². The second kappa shape index (κ2) is 12.8. The Labute approximate surface area is 94.3 Å². The predicted octanol–water partition coefficient (Wildman–Crippen LogP) is 4.06. The smallest absolute Gasteiger partial charge is 0.160 e. The van der Waals surface area contributed by atoms with Gasteiger partial charge in [0.15, 0.2) is 11.5 Å². The van der Waals surface area contributed by atoms with E-state index in [4.69, 9.17) is 9.47 Å². The van der Waals surface area contributed by atoms with Crippen molar-refractivity contribution in [3.05, 3.63) is 36.8 Å². The van der Waals surface area contributed by atoms with Crippen molar-refractivity contribution in [1.82, 2.24) is 0 Å². The molecule has 0 saturated carbocycles. The zero-order chi connectivity index (χ0) is 12.1. The quantitative estimate of drug-likeness (QED) is 0.687. The van der Waals surface area contributed by atoms with Gasteiger partial charge in [-0.15, -0.1) is 0 Å². The Bertz CT molecular complexity index is 173. The molecule has 1 aliphatic heterocycles. The molecule has 0 aromatic rings. The van der Waals surface area contributed by atoms with E-state index in [0.717, 1.165) is 6.42 Å². The van der Waals surface area contributed by atoms with Gasteiger partial charge in [0.1, 0.15) is 0 Å². The highest BCUT2D eigenvalue weighted by Gasteiger charge is 2.06. The molecule has 88 valence electrons. The SMILES string of the molecule is C=CC1=C(C=C)OCCCO1.CC.CC. The zero-order valence-electron chi connectivity index (χ0n) is 10.5. The summed E-state index contributed by atoms with van der Waals surface area (Å²) in [5.41, 5.74) is 0. The lowest BCUT2D eigenvalue weighted by Crippen LogP contribution is -1.90. The maximum absolute atomic E-state index is 5.32. The van der Waals surface area contributed by atoms with E-state index in [9.17, 15) is 0 Å². The van der Waals surface area contributed by atoms with Crippen molar-refractivity contribution < 1.29 is 9.47 Å². The van der Waals surface area contributed by atoms with Crippen LogP contribution in [0.15, 0.2) is 36.8 Å². The third-order valence-electron chi connectivity index (χ3n) is 1.42. The van der Waals surface area contributed by atoms with E-state index in [1.165, 1.54) is 0 Å². The van der Waals surface area contributed by atoms with Crippen LogP contribution in [-0.4, -0.2) is 13.2 Å². The van der Waals surface area contributed by atoms with Gasteiger partial charge in [-0.05, 0) is 12.2 Å². The van der Waals surface area contributed by atoms with Crippen LogP contribution in [0.4, 0.5) is 0 Å². The van der Waals surface area contributed by atoms with Crippen LogP contribution in [0.2, 0.25) is 0 Å². The summed E-state index contributed by atoms with van der Waals surface area (Å²) in [5, 5.41) is 0. The highest BCUT2D eigenvalue weighted by molar-refractivity contribution is 5.22. The molecule has 0 atom stereocenters. The Morgan fingerprint density at radius 1 is 0.867 bits per heavy atom. The first-order chi connectivity index (χ1) is 7.38. The summed E-state index contributed by atoms with van der Waals surface area (Å²) in [6, 6.07) is 0. The molecule has 0 fully saturated rings. The van der Waals surface area contributed by atoms with Crippen molar-refractivity contribution >= 4 is 0 Å². The molecule has 0 unspecified atom stereocenters. The lowest BCUT2D eigenvalue weighted by Gasteiger charge is -2.04. The fraction of sp³-hybridized carbons (Fsp3) is 0.538. The van der Waals surface area contributed by atoms with E-state index in [1.807, 2.05) is 27.7 Å². The summed E-state index contributed by atoms with van der Waals surface area (Å²) < 4.78 is 10.6. The summed E-state index contributed by atoms with van der Waals surface area (Å²) in [6.45, 7) is 16.6. The van der Waals surface area contributed by atoms with E-state index in [2.05, 4.69) is 13.2 Å².